The molecule has 0 aromatic heterocycles. The Balaban J connectivity index is 2.85. The lowest BCUT2D eigenvalue weighted by molar-refractivity contribution is 0.406. The number of methoxy groups -OCH3 is 1. The molecule has 1 atom stereocenters. The minimum Gasteiger partial charge on any atom is -0.496 e. The van der Waals surface area contributed by atoms with Crippen molar-refractivity contribution in [2.45, 2.75) is 26.2 Å². The van der Waals surface area contributed by atoms with Gasteiger partial charge in [0, 0.05) is 6.42 Å². The van der Waals surface area contributed by atoms with Gasteiger partial charge in [-0.25, -0.2) is 0 Å². The highest BCUT2D eigenvalue weighted by molar-refractivity contribution is 5.36. The molecule has 0 aliphatic heterocycles. The Labute approximate surface area is 86.1 Å². The molecule has 0 spiro atoms. The lowest BCUT2D eigenvalue weighted by Crippen LogP contribution is -1.96. The van der Waals surface area contributed by atoms with Gasteiger partial charge >= 0.3 is 0 Å². The summed E-state index contributed by atoms with van der Waals surface area (Å²) in [5.74, 6) is 7.39. The molecular formula is C13H16O. The summed E-state index contributed by atoms with van der Waals surface area (Å²) in [4.78, 5) is 0. The second-order valence-corrected chi connectivity index (χ2v) is 3.27. The standard InChI is InChI=1S/C13H16O/c1-4-5-8-11(2)12-9-6-7-10-13(12)14-3/h6-7,9-11H,8H2,1-3H3. The summed E-state index contributed by atoms with van der Waals surface area (Å²) < 4.78 is 5.30. The molecule has 1 aromatic carbocycles. The Morgan fingerprint density at radius 1 is 1.36 bits per heavy atom. The molecule has 1 aromatic rings. The second-order valence-electron chi connectivity index (χ2n) is 3.27. The molecule has 0 aliphatic carbocycles. The van der Waals surface area contributed by atoms with Crippen molar-refractivity contribution in [2.75, 3.05) is 7.11 Å². The van der Waals surface area contributed by atoms with Crippen molar-refractivity contribution < 1.29 is 4.74 Å². The van der Waals surface area contributed by atoms with Crippen LogP contribution in [-0.2, 0) is 0 Å². The molecule has 1 rings (SSSR count). The van der Waals surface area contributed by atoms with Crippen LogP contribution in [0.5, 0.6) is 5.75 Å². The Kier molecular flexibility index (Phi) is 4.07. The summed E-state index contributed by atoms with van der Waals surface area (Å²) in [6.45, 7) is 4.04. The third kappa shape index (κ3) is 2.53. The smallest absolute Gasteiger partial charge is 0.122 e. The van der Waals surface area contributed by atoms with Crippen LogP contribution in [0.1, 0.15) is 31.7 Å². The fourth-order valence-corrected chi connectivity index (χ4v) is 1.44. The van der Waals surface area contributed by atoms with Crippen molar-refractivity contribution in [2.24, 2.45) is 0 Å². The Bertz CT molecular complexity index is 344. The molecule has 0 bridgehead atoms. The Morgan fingerprint density at radius 3 is 2.71 bits per heavy atom. The van der Waals surface area contributed by atoms with Crippen LogP contribution in [0.3, 0.4) is 0 Å². The van der Waals surface area contributed by atoms with Gasteiger partial charge in [0.2, 0.25) is 0 Å². The van der Waals surface area contributed by atoms with E-state index in [0.29, 0.717) is 5.92 Å². The Morgan fingerprint density at radius 2 is 2.07 bits per heavy atom. The van der Waals surface area contributed by atoms with Crippen LogP contribution in [0.25, 0.3) is 0 Å². The van der Waals surface area contributed by atoms with Crippen LogP contribution in [0, 0.1) is 11.8 Å². The van der Waals surface area contributed by atoms with Gasteiger partial charge in [-0.05, 0) is 24.5 Å². The predicted molar refractivity (Wildman–Crippen MR) is 59.5 cm³/mol. The topological polar surface area (TPSA) is 9.23 Å². The van der Waals surface area contributed by atoms with Crippen molar-refractivity contribution in [3.8, 4) is 17.6 Å². The van der Waals surface area contributed by atoms with E-state index in [1.807, 2.05) is 25.1 Å². The van der Waals surface area contributed by atoms with Crippen molar-refractivity contribution in [1.82, 2.24) is 0 Å². The van der Waals surface area contributed by atoms with Crippen LogP contribution in [0.2, 0.25) is 0 Å². The van der Waals surface area contributed by atoms with E-state index in [-0.39, 0.29) is 0 Å². The first kappa shape index (κ1) is 10.7. The van der Waals surface area contributed by atoms with Crippen molar-refractivity contribution in [3.63, 3.8) is 0 Å². The molecule has 0 amide bonds. The van der Waals surface area contributed by atoms with Crippen molar-refractivity contribution >= 4 is 0 Å². The van der Waals surface area contributed by atoms with Gasteiger partial charge in [-0.15, -0.1) is 11.8 Å². The number of ether oxygens (including phenoxy) is 1. The van der Waals surface area contributed by atoms with Crippen LogP contribution in [0.15, 0.2) is 24.3 Å². The maximum absolute atomic E-state index is 5.30. The lowest BCUT2D eigenvalue weighted by Gasteiger charge is -2.12. The van der Waals surface area contributed by atoms with Crippen LogP contribution in [0.4, 0.5) is 0 Å². The number of hydrogen-bond acceptors (Lipinski definition) is 1. The lowest BCUT2D eigenvalue weighted by atomic mass is 9.97. The van der Waals surface area contributed by atoms with E-state index in [1.54, 1.807) is 7.11 Å². The highest BCUT2D eigenvalue weighted by atomic mass is 16.5. The Hall–Kier alpha value is -1.42. The average Bonchev–Trinajstić information content (AvgIpc) is 2.25. The molecule has 0 saturated heterocycles. The average molecular weight is 188 g/mol. The van der Waals surface area contributed by atoms with E-state index in [9.17, 15) is 0 Å². The number of hydrogen-bond donors (Lipinski definition) is 0. The van der Waals surface area contributed by atoms with Gasteiger partial charge in [-0.3, -0.25) is 0 Å². The third-order valence-corrected chi connectivity index (χ3v) is 2.25. The van der Waals surface area contributed by atoms with E-state index in [0.717, 1.165) is 12.2 Å². The van der Waals surface area contributed by atoms with E-state index in [2.05, 4.69) is 24.8 Å². The molecule has 1 nitrogen and oxygen atoms in total. The minimum atomic E-state index is 0.429. The largest absolute Gasteiger partial charge is 0.496 e. The predicted octanol–water partition coefficient (Wildman–Crippen LogP) is 3.21. The minimum absolute atomic E-state index is 0.429. The summed E-state index contributed by atoms with van der Waals surface area (Å²) in [6.07, 6.45) is 0.886. The number of benzene rings is 1. The quantitative estimate of drug-likeness (QED) is 0.662. The van der Waals surface area contributed by atoms with Gasteiger partial charge < -0.3 is 4.74 Å². The summed E-state index contributed by atoms with van der Waals surface area (Å²) in [6, 6.07) is 8.11. The van der Waals surface area contributed by atoms with E-state index in [1.165, 1.54) is 5.56 Å². The summed E-state index contributed by atoms with van der Waals surface area (Å²) in [5.41, 5.74) is 1.23. The van der Waals surface area contributed by atoms with Gasteiger partial charge in [-0.2, -0.15) is 0 Å². The van der Waals surface area contributed by atoms with E-state index >= 15 is 0 Å². The molecule has 1 heteroatoms. The highest BCUT2D eigenvalue weighted by Crippen LogP contribution is 2.27. The summed E-state index contributed by atoms with van der Waals surface area (Å²) in [5, 5.41) is 0. The molecule has 0 aliphatic rings. The van der Waals surface area contributed by atoms with Gasteiger partial charge in [0.15, 0.2) is 0 Å². The molecule has 0 fully saturated rings. The first-order valence-corrected chi connectivity index (χ1v) is 4.82. The van der Waals surface area contributed by atoms with Gasteiger partial charge in [-0.1, -0.05) is 25.1 Å². The van der Waals surface area contributed by atoms with Crippen molar-refractivity contribution in [1.29, 1.82) is 0 Å². The normalized spacial score (nSPS) is 11.4. The summed E-state index contributed by atoms with van der Waals surface area (Å²) >= 11 is 0. The highest BCUT2D eigenvalue weighted by Gasteiger charge is 2.08. The zero-order valence-corrected chi connectivity index (χ0v) is 9.00. The van der Waals surface area contributed by atoms with Crippen LogP contribution in [-0.4, -0.2) is 7.11 Å². The molecule has 0 heterocycles. The van der Waals surface area contributed by atoms with E-state index in [4.69, 9.17) is 4.74 Å². The SMILES string of the molecule is CC#CCC(C)c1ccccc1OC. The molecule has 74 valence electrons. The number of para-hydroxylation sites is 1. The van der Waals surface area contributed by atoms with Gasteiger partial charge in [0.25, 0.3) is 0 Å². The second kappa shape index (κ2) is 5.34. The molecule has 0 radical (unpaired) electrons. The van der Waals surface area contributed by atoms with Crippen molar-refractivity contribution in [3.05, 3.63) is 29.8 Å². The maximum Gasteiger partial charge on any atom is 0.122 e. The molecule has 0 saturated carbocycles. The zero-order chi connectivity index (χ0) is 10.4. The molecule has 1 unspecified atom stereocenters. The molecular weight excluding hydrogens is 172 g/mol. The maximum atomic E-state index is 5.30. The zero-order valence-electron chi connectivity index (χ0n) is 9.00. The van der Waals surface area contributed by atoms with Gasteiger partial charge in [0.05, 0.1) is 7.11 Å². The monoisotopic (exact) mass is 188 g/mol. The van der Waals surface area contributed by atoms with Crippen LogP contribution < -0.4 is 4.74 Å². The first-order valence-electron chi connectivity index (χ1n) is 4.82. The third-order valence-electron chi connectivity index (χ3n) is 2.25. The summed E-state index contributed by atoms with van der Waals surface area (Å²) in [7, 11) is 1.71. The van der Waals surface area contributed by atoms with Gasteiger partial charge in [0.1, 0.15) is 5.75 Å². The fourth-order valence-electron chi connectivity index (χ4n) is 1.44. The van der Waals surface area contributed by atoms with Crippen LogP contribution >= 0.6 is 0 Å². The fraction of sp³-hybridized carbons (Fsp3) is 0.385. The molecule has 14 heavy (non-hydrogen) atoms. The first-order chi connectivity index (χ1) is 6.79. The number of rotatable bonds is 3. The van der Waals surface area contributed by atoms with E-state index < -0.39 is 0 Å². The molecule has 0 N–H and O–H groups in total.